The van der Waals surface area contributed by atoms with Gasteiger partial charge in [0, 0.05) is 17.1 Å². The summed E-state index contributed by atoms with van der Waals surface area (Å²) in [5, 5.41) is 4.51. The van der Waals surface area contributed by atoms with Crippen molar-refractivity contribution in [3.8, 4) is 0 Å². The first-order valence-corrected chi connectivity index (χ1v) is 7.75. The second-order valence-corrected chi connectivity index (χ2v) is 6.78. The standard InChI is InChI=1S/C17H22ClN/c1-11(2)7-12-3-4-14(18)10-17(12)13-8-15-5-6-16(9-13)19-15/h3-4,8,10-11,15-16,19H,5-7,9H2,1-2H3. The Bertz CT molecular complexity index is 504. The molecule has 19 heavy (non-hydrogen) atoms. The van der Waals surface area contributed by atoms with Crippen LogP contribution in [-0.2, 0) is 6.42 Å². The van der Waals surface area contributed by atoms with E-state index in [0.29, 0.717) is 18.0 Å². The number of rotatable bonds is 3. The highest BCUT2D eigenvalue weighted by Gasteiger charge is 2.28. The van der Waals surface area contributed by atoms with Crippen molar-refractivity contribution in [2.75, 3.05) is 0 Å². The van der Waals surface area contributed by atoms with Crippen LogP contribution in [0.4, 0.5) is 0 Å². The zero-order valence-electron chi connectivity index (χ0n) is 11.7. The highest BCUT2D eigenvalue weighted by molar-refractivity contribution is 6.30. The molecule has 0 saturated carbocycles. The molecule has 1 saturated heterocycles. The SMILES string of the molecule is CC(C)Cc1ccc(Cl)cc1C1=CC2CCC(C1)N2. The van der Waals surface area contributed by atoms with E-state index < -0.39 is 0 Å². The lowest BCUT2D eigenvalue weighted by atomic mass is 9.89. The third-order valence-electron chi connectivity index (χ3n) is 4.19. The first-order valence-electron chi connectivity index (χ1n) is 7.37. The maximum absolute atomic E-state index is 6.22. The van der Waals surface area contributed by atoms with Gasteiger partial charge in [0.2, 0.25) is 0 Å². The molecule has 2 heteroatoms. The van der Waals surface area contributed by atoms with Crippen molar-refractivity contribution in [2.45, 2.75) is 51.6 Å². The average Bonchev–Trinajstić information content (AvgIpc) is 2.70. The summed E-state index contributed by atoms with van der Waals surface area (Å²) in [6.45, 7) is 4.55. The lowest BCUT2D eigenvalue weighted by Gasteiger charge is -2.23. The molecule has 0 aromatic heterocycles. The number of fused-ring (bicyclic) bond motifs is 2. The monoisotopic (exact) mass is 275 g/mol. The molecule has 1 N–H and O–H groups in total. The van der Waals surface area contributed by atoms with E-state index in [-0.39, 0.29) is 0 Å². The third-order valence-corrected chi connectivity index (χ3v) is 4.43. The molecule has 2 aliphatic heterocycles. The predicted molar refractivity (Wildman–Crippen MR) is 82.5 cm³/mol. The van der Waals surface area contributed by atoms with Crippen LogP contribution in [0.25, 0.3) is 5.57 Å². The van der Waals surface area contributed by atoms with E-state index in [1.165, 1.54) is 29.5 Å². The van der Waals surface area contributed by atoms with Crippen LogP contribution in [0.15, 0.2) is 24.3 Å². The van der Waals surface area contributed by atoms with Gasteiger partial charge in [-0.3, -0.25) is 0 Å². The van der Waals surface area contributed by atoms with Gasteiger partial charge in [-0.25, -0.2) is 0 Å². The van der Waals surface area contributed by atoms with Crippen molar-refractivity contribution in [1.29, 1.82) is 0 Å². The number of benzene rings is 1. The summed E-state index contributed by atoms with van der Waals surface area (Å²) in [7, 11) is 0. The number of nitrogens with one attached hydrogen (secondary N) is 1. The summed E-state index contributed by atoms with van der Waals surface area (Å²) in [5.41, 5.74) is 4.34. The quantitative estimate of drug-likeness (QED) is 0.860. The molecule has 1 aromatic rings. The molecule has 1 nitrogen and oxygen atoms in total. The lowest BCUT2D eigenvalue weighted by Crippen LogP contribution is -2.32. The minimum Gasteiger partial charge on any atom is -0.307 e. The average molecular weight is 276 g/mol. The molecule has 1 aromatic carbocycles. The van der Waals surface area contributed by atoms with Crippen LogP contribution in [0, 0.1) is 5.92 Å². The highest BCUT2D eigenvalue weighted by atomic mass is 35.5. The first-order chi connectivity index (χ1) is 9.11. The summed E-state index contributed by atoms with van der Waals surface area (Å²) in [5.74, 6) is 0.680. The van der Waals surface area contributed by atoms with Gasteiger partial charge in [0.15, 0.2) is 0 Å². The number of halogens is 1. The normalized spacial score (nSPS) is 25.8. The van der Waals surface area contributed by atoms with E-state index in [9.17, 15) is 0 Å². The smallest absolute Gasteiger partial charge is 0.0412 e. The van der Waals surface area contributed by atoms with Crippen LogP contribution >= 0.6 is 11.6 Å². The largest absolute Gasteiger partial charge is 0.307 e. The molecular weight excluding hydrogens is 254 g/mol. The Morgan fingerprint density at radius 2 is 2.16 bits per heavy atom. The van der Waals surface area contributed by atoms with Gasteiger partial charge in [-0.2, -0.15) is 0 Å². The topological polar surface area (TPSA) is 12.0 Å². The fourth-order valence-electron chi connectivity index (χ4n) is 3.38. The fraction of sp³-hybridized carbons (Fsp3) is 0.529. The van der Waals surface area contributed by atoms with Gasteiger partial charge in [0.25, 0.3) is 0 Å². The van der Waals surface area contributed by atoms with Crippen molar-refractivity contribution in [3.05, 3.63) is 40.4 Å². The second-order valence-electron chi connectivity index (χ2n) is 6.34. The van der Waals surface area contributed by atoms with Crippen molar-refractivity contribution >= 4 is 17.2 Å². The van der Waals surface area contributed by atoms with Crippen molar-refractivity contribution in [3.63, 3.8) is 0 Å². The van der Waals surface area contributed by atoms with Crippen LogP contribution in [0.5, 0.6) is 0 Å². The van der Waals surface area contributed by atoms with E-state index >= 15 is 0 Å². The van der Waals surface area contributed by atoms with Gasteiger partial charge >= 0.3 is 0 Å². The maximum atomic E-state index is 6.22. The van der Waals surface area contributed by atoms with Crippen molar-refractivity contribution in [1.82, 2.24) is 5.32 Å². The molecular formula is C17H22ClN. The Labute approximate surface area is 121 Å². The molecule has 3 rings (SSSR count). The van der Waals surface area contributed by atoms with Crippen LogP contribution in [0.1, 0.15) is 44.2 Å². The molecule has 2 heterocycles. The zero-order chi connectivity index (χ0) is 13.4. The summed E-state index contributed by atoms with van der Waals surface area (Å²) < 4.78 is 0. The Hall–Kier alpha value is -0.790. The van der Waals surface area contributed by atoms with Gasteiger partial charge in [-0.05, 0) is 60.4 Å². The van der Waals surface area contributed by atoms with E-state index in [4.69, 9.17) is 11.6 Å². The summed E-state index contributed by atoms with van der Waals surface area (Å²) >= 11 is 6.22. The molecule has 0 radical (unpaired) electrons. The van der Waals surface area contributed by atoms with E-state index in [1.807, 2.05) is 6.07 Å². The molecule has 102 valence electrons. The zero-order valence-corrected chi connectivity index (χ0v) is 12.5. The Kier molecular flexibility index (Phi) is 3.68. The van der Waals surface area contributed by atoms with Gasteiger partial charge in [-0.15, -0.1) is 0 Å². The lowest BCUT2D eigenvalue weighted by molar-refractivity contribution is 0.574. The third kappa shape index (κ3) is 2.88. The van der Waals surface area contributed by atoms with Gasteiger partial charge < -0.3 is 5.32 Å². The number of hydrogen-bond donors (Lipinski definition) is 1. The molecule has 0 spiro atoms. The molecule has 1 fully saturated rings. The highest BCUT2D eigenvalue weighted by Crippen LogP contribution is 2.35. The Morgan fingerprint density at radius 3 is 2.89 bits per heavy atom. The van der Waals surface area contributed by atoms with Gasteiger partial charge in [0.1, 0.15) is 0 Å². The second kappa shape index (κ2) is 5.30. The minimum atomic E-state index is 0.583. The molecule has 2 aliphatic rings. The predicted octanol–water partition coefficient (Wildman–Crippen LogP) is 4.45. The summed E-state index contributed by atoms with van der Waals surface area (Å²) in [6, 6.07) is 7.66. The van der Waals surface area contributed by atoms with Crippen LogP contribution in [0.3, 0.4) is 0 Å². The molecule has 2 bridgehead atoms. The Morgan fingerprint density at radius 1 is 1.32 bits per heavy atom. The maximum Gasteiger partial charge on any atom is 0.0412 e. The van der Waals surface area contributed by atoms with Crippen molar-refractivity contribution in [2.24, 2.45) is 5.92 Å². The summed E-state index contributed by atoms with van der Waals surface area (Å²) in [4.78, 5) is 0. The van der Waals surface area contributed by atoms with Crippen LogP contribution < -0.4 is 5.32 Å². The molecule has 2 atom stereocenters. The van der Waals surface area contributed by atoms with E-state index in [0.717, 1.165) is 17.9 Å². The van der Waals surface area contributed by atoms with Crippen LogP contribution in [0.2, 0.25) is 5.02 Å². The van der Waals surface area contributed by atoms with Gasteiger partial charge in [-0.1, -0.05) is 37.6 Å². The van der Waals surface area contributed by atoms with E-state index in [1.54, 1.807) is 0 Å². The molecule has 2 unspecified atom stereocenters. The van der Waals surface area contributed by atoms with Crippen molar-refractivity contribution < 1.29 is 0 Å². The molecule has 0 amide bonds. The minimum absolute atomic E-state index is 0.583. The number of hydrogen-bond acceptors (Lipinski definition) is 1. The van der Waals surface area contributed by atoms with Crippen LogP contribution in [-0.4, -0.2) is 12.1 Å². The molecule has 0 aliphatic carbocycles. The Balaban J connectivity index is 1.96. The van der Waals surface area contributed by atoms with Gasteiger partial charge in [0.05, 0.1) is 0 Å². The summed E-state index contributed by atoms with van der Waals surface area (Å²) in [6.07, 6.45) is 7.31. The first kappa shape index (κ1) is 13.2. The van der Waals surface area contributed by atoms with E-state index in [2.05, 4.69) is 37.4 Å². The fourth-order valence-corrected chi connectivity index (χ4v) is 3.56.